The fraction of sp³-hybridized carbons (Fsp3) is 0.455. The number of hydrogen-bond donors (Lipinski definition) is 1. The molecule has 0 unspecified atom stereocenters. The molecule has 1 aromatic heterocycles. The van der Waals surface area contributed by atoms with Crippen molar-refractivity contribution in [3.05, 3.63) is 46.7 Å². The first kappa shape index (κ1) is 20.7. The number of piperazine rings is 1. The molecular weight excluding hydrogens is 402 g/mol. The SMILES string of the molecule is C[C@@H](C(=O)NCCc1cccs1)N1CCN(C(=O)[C@H]2COc3ccccc3O2)CC1. The van der Waals surface area contributed by atoms with Gasteiger partial charge in [-0.15, -0.1) is 11.3 Å². The summed E-state index contributed by atoms with van der Waals surface area (Å²) in [6, 6.07) is 11.3. The summed E-state index contributed by atoms with van der Waals surface area (Å²) in [7, 11) is 0. The third-order valence-electron chi connectivity index (χ3n) is 5.59. The molecule has 2 aliphatic rings. The summed E-state index contributed by atoms with van der Waals surface area (Å²) in [6.45, 7) is 5.26. The summed E-state index contributed by atoms with van der Waals surface area (Å²) >= 11 is 1.70. The van der Waals surface area contributed by atoms with Crippen molar-refractivity contribution >= 4 is 23.2 Å². The molecule has 160 valence electrons. The van der Waals surface area contributed by atoms with Crippen LogP contribution in [0.5, 0.6) is 11.5 Å². The van der Waals surface area contributed by atoms with Gasteiger partial charge in [0.1, 0.15) is 6.61 Å². The normalized spacial score (nSPS) is 19.9. The number of para-hydroxylation sites is 2. The number of ether oxygens (including phenoxy) is 2. The van der Waals surface area contributed by atoms with Crippen molar-refractivity contribution in [2.75, 3.05) is 39.3 Å². The van der Waals surface area contributed by atoms with Gasteiger partial charge < -0.3 is 19.7 Å². The molecule has 30 heavy (non-hydrogen) atoms. The standard InChI is InChI=1S/C22H27N3O4S/c1-16(21(26)23-9-8-17-5-4-14-30-17)24-10-12-25(13-11-24)22(27)20-15-28-18-6-2-3-7-19(18)29-20/h2-7,14,16,20H,8-13,15H2,1H3,(H,23,26)/t16-,20+/m0/s1. The van der Waals surface area contributed by atoms with E-state index >= 15 is 0 Å². The monoisotopic (exact) mass is 429 g/mol. The maximum absolute atomic E-state index is 12.9. The highest BCUT2D eigenvalue weighted by Gasteiger charge is 2.34. The maximum Gasteiger partial charge on any atom is 0.267 e. The van der Waals surface area contributed by atoms with Gasteiger partial charge in [-0.1, -0.05) is 18.2 Å². The van der Waals surface area contributed by atoms with E-state index in [-0.39, 0.29) is 24.5 Å². The molecule has 2 aromatic rings. The van der Waals surface area contributed by atoms with Gasteiger partial charge in [0, 0.05) is 37.6 Å². The second kappa shape index (κ2) is 9.49. The lowest BCUT2D eigenvalue weighted by Crippen LogP contribution is -2.57. The van der Waals surface area contributed by atoms with E-state index in [0.29, 0.717) is 44.2 Å². The molecule has 2 atom stereocenters. The molecule has 0 bridgehead atoms. The van der Waals surface area contributed by atoms with E-state index in [1.54, 1.807) is 16.2 Å². The number of benzene rings is 1. The maximum atomic E-state index is 12.9. The minimum Gasteiger partial charge on any atom is -0.485 e. The van der Waals surface area contributed by atoms with Crippen molar-refractivity contribution in [1.82, 2.24) is 15.1 Å². The molecular formula is C22H27N3O4S. The number of hydrogen-bond acceptors (Lipinski definition) is 6. The summed E-state index contributed by atoms with van der Waals surface area (Å²) in [5.74, 6) is 1.25. The van der Waals surface area contributed by atoms with Gasteiger partial charge in [-0.3, -0.25) is 14.5 Å². The van der Waals surface area contributed by atoms with Crippen LogP contribution in [0, 0.1) is 0 Å². The quantitative estimate of drug-likeness (QED) is 0.758. The van der Waals surface area contributed by atoms with Gasteiger partial charge >= 0.3 is 0 Å². The van der Waals surface area contributed by atoms with E-state index in [9.17, 15) is 9.59 Å². The smallest absolute Gasteiger partial charge is 0.267 e. The predicted octanol–water partition coefficient (Wildman–Crippen LogP) is 1.78. The number of amides is 2. The zero-order valence-corrected chi connectivity index (χ0v) is 17.9. The Balaban J connectivity index is 1.22. The molecule has 0 saturated carbocycles. The Labute approximate surface area is 180 Å². The van der Waals surface area contributed by atoms with E-state index in [1.807, 2.05) is 42.6 Å². The van der Waals surface area contributed by atoms with Crippen LogP contribution in [-0.4, -0.2) is 73.1 Å². The second-order valence-electron chi connectivity index (χ2n) is 7.52. The summed E-state index contributed by atoms with van der Waals surface area (Å²) in [5.41, 5.74) is 0. The lowest BCUT2D eigenvalue weighted by molar-refractivity contribution is -0.143. The van der Waals surface area contributed by atoms with Crippen LogP contribution in [0.15, 0.2) is 41.8 Å². The zero-order valence-electron chi connectivity index (χ0n) is 17.1. The highest BCUT2D eigenvalue weighted by atomic mass is 32.1. The van der Waals surface area contributed by atoms with Crippen LogP contribution in [0.25, 0.3) is 0 Å². The number of carbonyl (C=O) groups is 2. The van der Waals surface area contributed by atoms with Crippen molar-refractivity contribution in [3.63, 3.8) is 0 Å². The Hall–Kier alpha value is -2.58. The molecule has 0 radical (unpaired) electrons. The minimum atomic E-state index is -0.621. The van der Waals surface area contributed by atoms with Crippen LogP contribution in [0.1, 0.15) is 11.8 Å². The third-order valence-corrected chi connectivity index (χ3v) is 6.52. The van der Waals surface area contributed by atoms with E-state index in [4.69, 9.17) is 9.47 Å². The molecule has 0 aliphatic carbocycles. The van der Waals surface area contributed by atoms with Crippen LogP contribution in [-0.2, 0) is 16.0 Å². The van der Waals surface area contributed by atoms with E-state index < -0.39 is 6.10 Å². The number of nitrogens with one attached hydrogen (secondary N) is 1. The predicted molar refractivity (Wildman–Crippen MR) is 115 cm³/mol. The van der Waals surface area contributed by atoms with Gasteiger partial charge in [0.05, 0.1) is 6.04 Å². The third kappa shape index (κ3) is 4.76. The Bertz CT molecular complexity index is 865. The average molecular weight is 430 g/mol. The second-order valence-corrected chi connectivity index (χ2v) is 8.55. The largest absolute Gasteiger partial charge is 0.485 e. The van der Waals surface area contributed by atoms with Crippen molar-refractivity contribution in [2.45, 2.75) is 25.5 Å². The molecule has 0 spiro atoms. The van der Waals surface area contributed by atoms with Crippen LogP contribution in [0.4, 0.5) is 0 Å². The van der Waals surface area contributed by atoms with Gasteiger partial charge in [0.15, 0.2) is 11.5 Å². The van der Waals surface area contributed by atoms with Gasteiger partial charge in [-0.2, -0.15) is 0 Å². The topological polar surface area (TPSA) is 71.1 Å². The molecule has 1 N–H and O–H groups in total. The average Bonchev–Trinajstić information content (AvgIpc) is 3.31. The molecule has 7 nitrogen and oxygen atoms in total. The Morgan fingerprint density at radius 2 is 1.90 bits per heavy atom. The Kier molecular flexibility index (Phi) is 6.54. The number of fused-ring (bicyclic) bond motifs is 1. The lowest BCUT2D eigenvalue weighted by Gasteiger charge is -2.39. The summed E-state index contributed by atoms with van der Waals surface area (Å²) in [4.78, 5) is 30.5. The van der Waals surface area contributed by atoms with Crippen molar-refractivity contribution < 1.29 is 19.1 Å². The summed E-state index contributed by atoms with van der Waals surface area (Å²) < 4.78 is 11.5. The Morgan fingerprint density at radius 1 is 1.13 bits per heavy atom. The van der Waals surface area contributed by atoms with Crippen LogP contribution >= 0.6 is 11.3 Å². The zero-order chi connectivity index (χ0) is 20.9. The van der Waals surface area contributed by atoms with E-state index in [2.05, 4.69) is 16.3 Å². The van der Waals surface area contributed by atoms with Crippen molar-refractivity contribution in [3.8, 4) is 11.5 Å². The summed E-state index contributed by atoms with van der Waals surface area (Å²) in [6.07, 6.45) is 0.231. The van der Waals surface area contributed by atoms with E-state index in [1.165, 1.54) is 4.88 Å². The van der Waals surface area contributed by atoms with Gasteiger partial charge in [0.25, 0.3) is 5.91 Å². The fourth-order valence-corrected chi connectivity index (χ4v) is 4.46. The summed E-state index contributed by atoms with van der Waals surface area (Å²) in [5, 5.41) is 5.07. The molecule has 1 aromatic carbocycles. The first-order valence-corrected chi connectivity index (χ1v) is 11.2. The van der Waals surface area contributed by atoms with Gasteiger partial charge in [0.2, 0.25) is 12.0 Å². The van der Waals surface area contributed by atoms with Crippen LogP contribution in [0.3, 0.4) is 0 Å². The van der Waals surface area contributed by atoms with Crippen molar-refractivity contribution in [1.29, 1.82) is 0 Å². The highest BCUT2D eigenvalue weighted by Crippen LogP contribution is 2.31. The first-order valence-electron chi connectivity index (χ1n) is 10.3. The molecule has 2 aliphatic heterocycles. The van der Waals surface area contributed by atoms with Crippen LogP contribution in [0.2, 0.25) is 0 Å². The number of thiophene rings is 1. The molecule has 4 rings (SSSR count). The van der Waals surface area contributed by atoms with Crippen molar-refractivity contribution in [2.24, 2.45) is 0 Å². The Morgan fingerprint density at radius 3 is 2.63 bits per heavy atom. The van der Waals surface area contributed by atoms with Crippen LogP contribution < -0.4 is 14.8 Å². The molecule has 2 amide bonds. The number of carbonyl (C=O) groups excluding carboxylic acids is 2. The van der Waals surface area contributed by atoms with Gasteiger partial charge in [-0.05, 0) is 36.9 Å². The molecule has 1 fully saturated rings. The minimum absolute atomic E-state index is 0.0342. The molecule has 8 heteroatoms. The van der Waals surface area contributed by atoms with E-state index in [0.717, 1.165) is 6.42 Å². The van der Waals surface area contributed by atoms with Gasteiger partial charge in [-0.25, -0.2) is 0 Å². The molecule has 1 saturated heterocycles. The molecule has 3 heterocycles. The first-order chi connectivity index (χ1) is 14.6. The number of nitrogens with zero attached hydrogens (tertiary/aromatic N) is 2. The fourth-order valence-electron chi connectivity index (χ4n) is 3.75. The lowest BCUT2D eigenvalue weighted by atomic mass is 10.2. The number of rotatable bonds is 6. The highest BCUT2D eigenvalue weighted by molar-refractivity contribution is 7.09.